The summed E-state index contributed by atoms with van der Waals surface area (Å²) < 4.78 is 0. The van der Waals surface area contributed by atoms with Crippen LogP contribution in [-0.2, 0) is 4.79 Å². The monoisotopic (exact) mass is 237 g/mol. The Balaban J connectivity index is 2.40. The third-order valence-electron chi connectivity index (χ3n) is 2.45. The number of hydrogen-bond acceptors (Lipinski definition) is 2. The lowest BCUT2D eigenvalue weighted by molar-refractivity contribution is -0.117. The number of nitrogens with one attached hydrogen (secondary N) is 1. The summed E-state index contributed by atoms with van der Waals surface area (Å²) in [7, 11) is 0. The molecule has 1 amide bonds. The fourth-order valence-electron chi connectivity index (χ4n) is 1.52. The molecule has 0 spiro atoms. The van der Waals surface area contributed by atoms with Gasteiger partial charge in [-0.3, -0.25) is 4.79 Å². The van der Waals surface area contributed by atoms with Crippen LogP contribution in [-0.4, -0.2) is 11.9 Å². The quantitative estimate of drug-likeness (QED) is 0.754. The van der Waals surface area contributed by atoms with E-state index in [0.717, 1.165) is 24.8 Å². The first-order valence-corrected chi connectivity index (χ1v) is 6.71. The third-order valence-corrected chi connectivity index (χ3v) is 3.15. The predicted molar refractivity (Wildman–Crippen MR) is 70.5 cm³/mol. The Kier molecular flexibility index (Phi) is 5.86. The van der Waals surface area contributed by atoms with Crippen molar-refractivity contribution in [2.45, 2.75) is 39.2 Å². The zero-order valence-electron chi connectivity index (χ0n) is 9.90. The molecule has 1 N–H and O–H groups in total. The summed E-state index contributed by atoms with van der Waals surface area (Å²) in [5.74, 6) is 0.00602. The van der Waals surface area contributed by atoms with Crippen LogP contribution < -0.4 is 5.32 Å². The van der Waals surface area contributed by atoms with E-state index in [1.165, 1.54) is 0 Å². The SMILES string of the molecule is CCCC(CC)NC(=O)/C=C/c1ccsc1. The topological polar surface area (TPSA) is 29.1 Å². The fourth-order valence-corrected chi connectivity index (χ4v) is 2.15. The van der Waals surface area contributed by atoms with Crippen molar-refractivity contribution >= 4 is 23.3 Å². The summed E-state index contributed by atoms with van der Waals surface area (Å²) in [6.07, 6.45) is 6.61. The van der Waals surface area contributed by atoms with Crippen LogP contribution in [0.25, 0.3) is 6.08 Å². The average Bonchev–Trinajstić information content (AvgIpc) is 2.78. The summed E-state index contributed by atoms with van der Waals surface area (Å²) in [4.78, 5) is 11.6. The Morgan fingerprint density at radius 3 is 2.94 bits per heavy atom. The second kappa shape index (κ2) is 7.23. The Morgan fingerprint density at radius 1 is 1.56 bits per heavy atom. The van der Waals surface area contributed by atoms with Crippen molar-refractivity contribution in [2.75, 3.05) is 0 Å². The van der Waals surface area contributed by atoms with E-state index < -0.39 is 0 Å². The van der Waals surface area contributed by atoms with E-state index in [-0.39, 0.29) is 5.91 Å². The Morgan fingerprint density at radius 2 is 2.38 bits per heavy atom. The van der Waals surface area contributed by atoms with Gasteiger partial charge in [0.1, 0.15) is 0 Å². The molecule has 1 aromatic heterocycles. The molecule has 0 aromatic carbocycles. The zero-order valence-corrected chi connectivity index (χ0v) is 10.7. The van der Waals surface area contributed by atoms with E-state index in [1.54, 1.807) is 17.4 Å². The molecule has 0 aliphatic heterocycles. The van der Waals surface area contributed by atoms with Gasteiger partial charge in [0.05, 0.1) is 0 Å². The van der Waals surface area contributed by atoms with Gasteiger partial charge >= 0.3 is 0 Å². The highest BCUT2D eigenvalue weighted by Gasteiger charge is 2.06. The molecule has 0 bridgehead atoms. The van der Waals surface area contributed by atoms with Crippen LogP contribution in [0.4, 0.5) is 0 Å². The van der Waals surface area contributed by atoms with Crippen LogP contribution in [0.3, 0.4) is 0 Å². The van der Waals surface area contributed by atoms with Crippen molar-refractivity contribution in [1.82, 2.24) is 5.32 Å². The number of carbonyl (C=O) groups excluding carboxylic acids is 1. The van der Waals surface area contributed by atoms with E-state index in [1.807, 2.05) is 22.9 Å². The summed E-state index contributed by atoms with van der Waals surface area (Å²) >= 11 is 1.63. The first-order chi connectivity index (χ1) is 7.76. The zero-order chi connectivity index (χ0) is 11.8. The molecule has 1 rings (SSSR count). The Bertz CT molecular complexity index is 330. The molecular formula is C13H19NOS. The normalized spacial score (nSPS) is 12.9. The van der Waals surface area contributed by atoms with Crippen LogP contribution in [0.5, 0.6) is 0 Å². The van der Waals surface area contributed by atoms with Crippen molar-refractivity contribution in [3.8, 4) is 0 Å². The van der Waals surface area contributed by atoms with Crippen molar-refractivity contribution in [1.29, 1.82) is 0 Å². The average molecular weight is 237 g/mol. The highest BCUT2D eigenvalue weighted by Crippen LogP contribution is 2.07. The minimum absolute atomic E-state index is 0.00602. The molecule has 1 atom stereocenters. The number of amides is 1. The Hall–Kier alpha value is -1.09. The fraction of sp³-hybridized carbons (Fsp3) is 0.462. The number of hydrogen-bond donors (Lipinski definition) is 1. The summed E-state index contributed by atoms with van der Waals surface area (Å²) in [5, 5.41) is 7.03. The van der Waals surface area contributed by atoms with Crippen LogP contribution in [0.15, 0.2) is 22.9 Å². The molecule has 0 aliphatic carbocycles. The first kappa shape index (κ1) is 13.0. The second-order valence-electron chi connectivity index (χ2n) is 3.79. The van der Waals surface area contributed by atoms with E-state index in [0.29, 0.717) is 6.04 Å². The van der Waals surface area contributed by atoms with Crippen molar-refractivity contribution in [3.63, 3.8) is 0 Å². The van der Waals surface area contributed by atoms with Gasteiger partial charge in [-0.05, 0) is 41.3 Å². The molecule has 0 fully saturated rings. The van der Waals surface area contributed by atoms with E-state index >= 15 is 0 Å². The lowest BCUT2D eigenvalue weighted by Gasteiger charge is -2.14. The molecule has 1 aromatic rings. The van der Waals surface area contributed by atoms with Gasteiger partial charge in [0.2, 0.25) is 5.91 Å². The van der Waals surface area contributed by atoms with E-state index in [9.17, 15) is 4.79 Å². The Labute approximate surface area is 101 Å². The molecule has 0 saturated carbocycles. The molecule has 3 heteroatoms. The predicted octanol–water partition coefficient (Wildman–Crippen LogP) is 3.46. The van der Waals surface area contributed by atoms with Crippen molar-refractivity contribution in [3.05, 3.63) is 28.5 Å². The van der Waals surface area contributed by atoms with Crippen LogP contribution >= 0.6 is 11.3 Å². The largest absolute Gasteiger partial charge is 0.350 e. The highest BCUT2D eigenvalue weighted by molar-refractivity contribution is 7.08. The summed E-state index contributed by atoms with van der Waals surface area (Å²) in [5.41, 5.74) is 1.09. The minimum atomic E-state index is 0.00602. The first-order valence-electron chi connectivity index (χ1n) is 5.77. The molecule has 0 aliphatic rings. The van der Waals surface area contributed by atoms with Crippen molar-refractivity contribution in [2.24, 2.45) is 0 Å². The number of thiophene rings is 1. The van der Waals surface area contributed by atoms with Gasteiger partial charge in [-0.25, -0.2) is 0 Å². The van der Waals surface area contributed by atoms with Crippen LogP contribution in [0.1, 0.15) is 38.7 Å². The molecular weight excluding hydrogens is 218 g/mol. The standard InChI is InChI=1S/C13H19NOS/c1-3-5-12(4-2)14-13(15)7-6-11-8-9-16-10-11/h6-10,12H,3-5H2,1-2H3,(H,14,15)/b7-6+. The minimum Gasteiger partial charge on any atom is -0.350 e. The van der Waals surface area contributed by atoms with E-state index in [4.69, 9.17) is 0 Å². The number of rotatable bonds is 6. The lowest BCUT2D eigenvalue weighted by Crippen LogP contribution is -2.32. The van der Waals surface area contributed by atoms with Gasteiger partial charge in [0.15, 0.2) is 0 Å². The molecule has 88 valence electrons. The maximum Gasteiger partial charge on any atom is 0.244 e. The van der Waals surface area contributed by atoms with Crippen LogP contribution in [0, 0.1) is 0 Å². The molecule has 16 heavy (non-hydrogen) atoms. The van der Waals surface area contributed by atoms with Gasteiger partial charge in [0, 0.05) is 12.1 Å². The molecule has 0 radical (unpaired) electrons. The third kappa shape index (κ3) is 4.62. The maximum atomic E-state index is 11.6. The number of carbonyl (C=O) groups is 1. The van der Waals surface area contributed by atoms with Crippen molar-refractivity contribution < 1.29 is 4.79 Å². The highest BCUT2D eigenvalue weighted by atomic mass is 32.1. The van der Waals surface area contributed by atoms with Gasteiger partial charge in [-0.1, -0.05) is 20.3 Å². The maximum absolute atomic E-state index is 11.6. The summed E-state index contributed by atoms with van der Waals surface area (Å²) in [6.45, 7) is 4.24. The van der Waals surface area contributed by atoms with E-state index in [2.05, 4.69) is 19.2 Å². The smallest absolute Gasteiger partial charge is 0.244 e. The molecule has 2 nitrogen and oxygen atoms in total. The second-order valence-corrected chi connectivity index (χ2v) is 4.57. The lowest BCUT2D eigenvalue weighted by atomic mass is 10.1. The van der Waals surface area contributed by atoms with Gasteiger partial charge < -0.3 is 5.32 Å². The molecule has 1 unspecified atom stereocenters. The van der Waals surface area contributed by atoms with Gasteiger partial charge in [-0.15, -0.1) is 0 Å². The molecule has 0 saturated heterocycles. The van der Waals surface area contributed by atoms with Crippen LogP contribution in [0.2, 0.25) is 0 Å². The summed E-state index contributed by atoms with van der Waals surface area (Å²) in [6, 6.07) is 2.31. The van der Waals surface area contributed by atoms with Gasteiger partial charge in [0.25, 0.3) is 0 Å². The van der Waals surface area contributed by atoms with Gasteiger partial charge in [-0.2, -0.15) is 11.3 Å². The molecule has 1 heterocycles.